The third-order valence-electron chi connectivity index (χ3n) is 6.82. The smallest absolute Gasteiger partial charge is 0.380 e. The van der Waals surface area contributed by atoms with E-state index < -0.39 is 38.0 Å². The molecule has 0 radical (unpaired) electrons. The lowest BCUT2D eigenvalue weighted by molar-refractivity contribution is -0.241. The molecular weight excluding hydrogens is 529 g/mol. The highest BCUT2D eigenvalue weighted by molar-refractivity contribution is 7.89. The summed E-state index contributed by atoms with van der Waals surface area (Å²) >= 11 is 0. The number of benzene rings is 1. The number of anilines is 1. The average Bonchev–Trinajstić information content (AvgIpc) is 3.58. The number of hydrogen-bond acceptors (Lipinski definition) is 10. The quantitative estimate of drug-likeness (QED) is 0.451. The van der Waals surface area contributed by atoms with Gasteiger partial charge in [-0.15, -0.1) is 4.80 Å². The van der Waals surface area contributed by atoms with Crippen LogP contribution < -0.4 is 5.73 Å². The van der Waals surface area contributed by atoms with Crippen LogP contribution in [-0.4, -0.2) is 55.5 Å². The number of aryl methyl sites for hydroxylation is 1. The summed E-state index contributed by atoms with van der Waals surface area (Å²) in [6.45, 7) is 1.67. The van der Waals surface area contributed by atoms with Crippen LogP contribution in [0.15, 0.2) is 41.7 Å². The summed E-state index contributed by atoms with van der Waals surface area (Å²) in [4.78, 5) is 25.4. The fourth-order valence-corrected chi connectivity index (χ4v) is 6.64. The van der Waals surface area contributed by atoms with Gasteiger partial charge in [0, 0.05) is 5.56 Å². The van der Waals surface area contributed by atoms with Crippen molar-refractivity contribution in [2.24, 2.45) is 5.41 Å². The van der Waals surface area contributed by atoms with Crippen LogP contribution in [0.2, 0.25) is 0 Å². The van der Waals surface area contributed by atoms with Crippen molar-refractivity contribution in [1.29, 1.82) is 5.26 Å². The van der Waals surface area contributed by atoms with Crippen LogP contribution in [0.25, 0.3) is 17.1 Å². The second-order valence-electron chi connectivity index (χ2n) is 9.34. The van der Waals surface area contributed by atoms with E-state index in [0.29, 0.717) is 5.56 Å². The molecule has 3 aliphatic rings. The first-order valence-electron chi connectivity index (χ1n) is 11.2. The van der Waals surface area contributed by atoms with Gasteiger partial charge in [-0.2, -0.15) is 28.6 Å². The molecule has 0 aliphatic heterocycles. The molecule has 38 heavy (non-hydrogen) atoms. The fraction of sp³-hybridized carbons (Fsp3) is 0.364. The summed E-state index contributed by atoms with van der Waals surface area (Å²) in [5.41, 5.74) is 4.59. The van der Waals surface area contributed by atoms with Crippen molar-refractivity contribution in [3.05, 3.63) is 42.4 Å². The summed E-state index contributed by atoms with van der Waals surface area (Å²) in [6, 6.07) is 5.91. The number of sulfonamides is 1. The molecule has 2 bridgehead atoms. The van der Waals surface area contributed by atoms with Crippen molar-refractivity contribution in [2.75, 3.05) is 5.73 Å². The molecule has 0 amide bonds. The normalized spacial score (nSPS) is 22.6. The van der Waals surface area contributed by atoms with Crippen molar-refractivity contribution in [3.63, 3.8) is 0 Å². The monoisotopic (exact) mass is 548 g/mol. The zero-order valence-corrected chi connectivity index (χ0v) is 20.5. The minimum absolute atomic E-state index is 0.00269. The maximum Gasteiger partial charge on any atom is 0.492 e. The minimum atomic E-state index is -5.44. The Bertz CT molecular complexity index is 1580. The van der Waals surface area contributed by atoms with Crippen molar-refractivity contribution in [1.82, 2.24) is 29.4 Å². The number of nitrogen functional groups attached to an aromatic ring is 1. The summed E-state index contributed by atoms with van der Waals surface area (Å²) in [7, 11) is -4.83. The van der Waals surface area contributed by atoms with Crippen molar-refractivity contribution in [3.8, 4) is 23.1 Å². The van der Waals surface area contributed by atoms with Gasteiger partial charge in [-0.25, -0.2) is 23.2 Å². The predicted octanol–water partition coefficient (Wildman–Crippen LogP) is 2.46. The van der Waals surface area contributed by atoms with Gasteiger partial charge in [0.1, 0.15) is 0 Å². The summed E-state index contributed by atoms with van der Waals surface area (Å²) in [5, 5.41) is 17.4. The minimum Gasteiger partial charge on any atom is -0.380 e. The molecule has 0 unspecified atom stereocenters. The Morgan fingerprint density at radius 1 is 1.24 bits per heavy atom. The third-order valence-corrected chi connectivity index (χ3v) is 8.56. The Kier molecular flexibility index (Phi) is 5.69. The Morgan fingerprint density at radius 2 is 1.92 bits per heavy atom. The zero-order valence-electron chi connectivity index (χ0n) is 19.7. The van der Waals surface area contributed by atoms with E-state index in [2.05, 4.69) is 31.1 Å². The van der Waals surface area contributed by atoms with Crippen LogP contribution in [0.4, 0.5) is 19.0 Å². The van der Waals surface area contributed by atoms with E-state index in [0.717, 1.165) is 4.80 Å². The van der Waals surface area contributed by atoms with Crippen LogP contribution in [-0.2, 0) is 19.7 Å². The van der Waals surface area contributed by atoms with Crippen LogP contribution in [0, 0.1) is 23.7 Å². The molecule has 3 aromatic rings. The Hall–Kier alpha value is -4.10. The van der Waals surface area contributed by atoms with Gasteiger partial charge in [0.2, 0.25) is 5.82 Å². The molecule has 0 saturated heterocycles. The number of halogens is 3. The van der Waals surface area contributed by atoms with Gasteiger partial charge in [-0.3, -0.25) is 0 Å². The molecule has 2 heterocycles. The lowest BCUT2D eigenvalue weighted by Crippen LogP contribution is -2.58. The van der Waals surface area contributed by atoms with Gasteiger partial charge in [0.25, 0.3) is 10.0 Å². The molecule has 12 nitrogen and oxygen atoms in total. The first-order valence-corrected chi connectivity index (χ1v) is 12.6. The molecule has 6 rings (SSSR count). The van der Waals surface area contributed by atoms with Gasteiger partial charge < -0.3 is 10.6 Å². The van der Waals surface area contributed by atoms with Crippen molar-refractivity contribution < 1.29 is 31.2 Å². The van der Waals surface area contributed by atoms with E-state index in [1.807, 2.05) is 0 Å². The average molecular weight is 549 g/mol. The van der Waals surface area contributed by atoms with E-state index in [9.17, 15) is 31.6 Å². The summed E-state index contributed by atoms with van der Waals surface area (Å²) in [5.74, 6) is -2.60. The zero-order chi connectivity index (χ0) is 27.5. The number of carbonyl (C=O) groups is 1. The number of nitriles is 1. The first-order chi connectivity index (χ1) is 17.8. The molecule has 1 aromatic carbocycles. The molecule has 3 aliphatic carbocycles. The number of nitrogens with two attached hydrogens (primary N) is 1. The van der Waals surface area contributed by atoms with E-state index in [-0.39, 0.29) is 53.0 Å². The lowest BCUT2D eigenvalue weighted by Gasteiger charge is -2.47. The van der Waals surface area contributed by atoms with Crippen molar-refractivity contribution in [2.45, 2.75) is 49.2 Å². The number of alkyl halides is 3. The molecule has 2 aromatic heterocycles. The second kappa shape index (κ2) is 8.46. The third kappa shape index (κ3) is 4.03. The maximum absolute atomic E-state index is 13.7. The topological polar surface area (TPSA) is 170 Å². The Balaban J connectivity index is 1.58. The maximum atomic E-state index is 13.7. The number of fused-ring (bicyclic) bond motifs is 1. The number of hydrogen-bond donors (Lipinski definition) is 1. The second-order valence-corrected chi connectivity index (χ2v) is 11.1. The van der Waals surface area contributed by atoms with E-state index in [1.54, 1.807) is 6.92 Å². The standard InChI is InChI=1S/C22H19F3N8O4S/c1-13-2-3-14(8-15(13)16-9-28-17(27)18(31-16)32-29-6-7-30-32)38(35,36)33(37-19(34)22(23,24)25)21-5-4-20(10-21,11-21)12-26/h2-3,6-9H,4-5,10-11H2,1H3,(H2,27,28). The SMILES string of the molecule is Cc1ccc(S(=O)(=O)N(OC(=O)C(F)(F)F)C23CCC(C#N)(C2)C3)cc1-c1cnc(N)c(-n2nccn2)n1. The summed E-state index contributed by atoms with van der Waals surface area (Å²) < 4.78 is 66.9. The van der Waals surface area contributed by atoms with E-state index in [4.69, 9.17) is 5.73 Å². The largest absolute Gasteiger partial charge is 0.492 e. The van der Waals surface area contributed by atoms with E-state index in [1.165, 1.54) is 36.8 Å². The highest BCUT2D eigenvalue weighted by atomic mass is 32.2. The highest BCUT2D eigenvalue weighted by Crippen LogP contribution is 2.64. The predicted molar refractivity (Wildman–Crippen MR) is 122 cm³/mol. The highest BCUT2D eigenvalue weighted by Gasteiger charge is 2.68. The van der Waals surface area contributed by atoms with Crippen LogP contribution in [0.3, 0.4) is 0 Å². The number of carbonyl (C=O) groups excluding carboxylic acids is 1. The van der Waals surface area contributed by atoms with E-state index >= 15 is 0 Å². The van der Waals surface area contributed by atoms with Gasteiger partial charge >= 0.3 is 12.1 Å². The molecular formula is C22H19F3N8O4S. The van der Waals surface area contributed by atoms with Gasteiger partial charge in [0.15, 0.2) is 5.82 Å². The molecule has 3 fully saturated rings. The lowest BCUT2D eigenvalue weighted by atomic mass is 9.66. The molecule has 3 saturated carbocycles. The van der Waals surface area contributed by atoms with Crippen LogP contribution in [0.5, 0.6) is 0 Å². The van der Waals surface area contributed by atoms with Gasteiger partial charge in [0.05, 0.1) is 46.2 Å². The molecule has 16 heteroatoms. The van der Waals surface area contributed by atoms with Crippen molar-refractivity contribution >= 4 is 21.8 Å². The number of aromatic nitrogens is 5. The Labute approximate surface area is 213 Å². The first kappa shape index (κ1) is 25.5. The van der Waals surface area contributed by atoms with Gasteiger partial charge in [-0.1, -0.05) is 6.07 Å². The molecule has 0 spiro atoms. The summed E-state index contributed by atoms with van der Waals surface area (Å²) in [6.07, 6.45) is -1.12. The molecule has 2 N–H and O–H groups in total. The number of hydroxylamine groups is 1. The van der Waals surface area contributed by atoms with Crippen LogP contribution in [0.1, 0.15) is 31.2 Å². The van der Waals surface area contributed by atoms with Crippen LogP contribution >= 0.6 is 0 Å². The molecule has 0 atom stereocenters. The number of nitrogens with zero attached hydrogens (tertiary/aromatic N) is 7. The van der Waals surface area contributed by atoms with Gasteiger partial charge in [-0.05, 0) is 54.8 Å². The number of rotatable bonds is 6. The molecule has 198 valence electrons. The Morgan fingerprint density at radius 3 is 2.53 bits per heavy atom. The fourth-order valence-electron chi connectivity index (χ4n) is 5.04.